The summed E-state index contributed by atoms with van der Waals surface area (Å²) in [4.78, 5) is 11.6. The number of carboxylic acid groups (broad SMARTS) is 1. The van der Waals surface area contributed by atoms with Crippen LogP contribution in [0.3, 0.4) is 0 Å². The molecule has 1 rings (SSSR count). The fourth-order valence-corrected chi connectivity index (χ4v) is 1.84. The molecule has 0 aliphatic heterocycles. The molecule has 2 nitrogen and oxygen atoms in total. The Balaban J connectivity index is 2.83. The van der Waals surface area contributed by atoms with Gasteiger partial charge in [-0.25, -0.2) is 4.79 Å². The van der Waals surface area contributed by atoms with E-state index in [9.17, 15) is 4.79 Å². The van der Waals surface area contributed by atoms with Gasteiger partial charge in [-0.05, 0) is 25.1 Å². The van der Waals surface area contributed by atoms with Crippen LogP contribution < -0.4 is 0 Å². The van der Waals surface area contributed by atoms with E-state index in [0.717, 1.165) is 4.90 Å². The third-order valence-electron chi connectivity index (χ3n) is 1.73. The molecular formula is C11H12O2S. The van der Waals surface area contributed by atoms with Gasteiger partial charge < -0.3 is 5.11 Å². The van der Waals surface area contributed by atoms with Gasteiger partial charge in [-0.2, -0.15) is 0 Å². The lowest BCUT2D eigenvalue weighted by Gasteiger charge is -2.05. The average Bonchev–Trinajstić information content (AvgIpc) is 2.18. The van der Waals surface area contributed by atoms with Crippen molar-refractivity contribution >= 4 is 17.7 Å². The van der Waals surface area contributed by atoms with Crippen LogP contribution in [0.25, 0.3) is 0 Å². The minimum atomic E-state index is -0.890. The van der Waals surface area contributed by atoms with E-state index < -0.39 is 5.97 Å². The van der Waals surface area contributed by atoms with Gasteiger partial charge >= 0.3 is 5.97 Å². The molecule has 0 spiro atoms. The van der Waals surface area contributed by atoms with Crippen LogP contribution in [0.5, 0.6) is 0 Å². The van der Waals surface area contributed by atoms with Crippen molar-refractivity contribution in [2.75, 3.05) is 0 Å². The molecule has 0 aromatic heterocycles. The van der Waals surface area contributed by atoms with Crippen molar-refractivity contribution in [2.45, 2.75) is 17.1 Å². The number of benzene rings is 1. The van der Waals surface area contributed by atoms with Gasteiger partial charge in [0.1, 0.15) is 0 Å². The summed E-state index contributed by atoms with van der Waals surface area (Å²) >= 11 is 1.59. The number of carboxylic acids is 1. The molecule has 0 aliphatic carbocycles. The first-order valence-corrected chi connectivity index (χ1v) is 5.14. The lowest BCUT2D eigenvalue weighted by Crippen LogP contribution is -1.96. The maximum Gasteiger partial charge on any atom is 0.335 e. The van der Waals surface area contributed by atoms with Crippen molar-refractivity contribution in [2.24, 2.45) is 0 Å². The number of carbonyl (C=O) groups is 1. The van der Waals surface area contributed by atoms with Crippen LogP contribution in [-0.2, 0) is 0 Å². The molecule has 0 fully saturated rings. The van der Waals surface area contributed by atoms with E-state index in [2.05, 4.69) is 6.58 Å². The van der Waals surface area contributed by atoms with Crippen molar-refractivity contribution in [3.63, 3.8) is 0 Å². The fraction of sp³-hybridized carbons (Fsp3) is 0.182. The molecule has 3 heteroatoms. The molecule has 1 atom stereocenters. The minimum absolute atomic E-state index is 0.291. The Morgan fingerprint density at radius 1 is 1.64 bits per heavy atom. The van der Waals surface area contributed by atoms with Crippen LogP contribution >= 0.6 is 11.8 Å². The van der Waals surface area contributed by atoms with Crippen molar-refractivity contribution in [3.8, 4) is 0 Å². The van der Waals surface area contributed by atoms with E-state index in [1.54, 1.807) is 30.0 Å². The van der Waals surface area contributed by atoms with Crippen LogP contribution in [0.15, 0.2) is 41.8 Å². The number of aromatic carboxylic acids is 1. The normalized spacial score (nSPS) is 12.1. The summed E-state index contributed by atoms with van der Waals surface area (Å²) in [5.41, 5.74) is 0.325. The van der Waals surface area contributed by atoms with E-state index in [1.165, 1.54) is 0 Å². The highest BCUT2D eigenvalue weighted by atomic mass is 32.2. The van der Waals surface area contributed by atoms with Gasteiger partial charge in [0.15, 0.2) is 0 Å². The molecule has 14 heavy (non-hydrogen) atoms. The van der Waals surface area contributed by atoms with Gasteiger partial charge in [0.2, 0.25) is 0 Å². The second-order valence-electron chi connectivity index (χ2n) is 2.89. The summed E-state index contributed by atoms with van der Waals surface area (Å²) in [6, 6.07) is 6.91. The van der Waals surface area contributed by atoms with E-state index >= 15 is 0 Å². The summed E-state index contributed by atoms with van der Waals surface area (Å²) in [6.07, 6.45) is 1.83. The zero-order chi connectivity index (χ0) is 10.6. The summed E-state index contributed by atoms with van der Waals surface area (Å²) in [5.74, 6) is -0.890. The SMILES string of the molecule is C=CC(C)Sc1cccc(C(=O)O)c1. The minimum Gasteiger partial charge on any atom is -0.478 e. The highest BCUT2D eigenvalue weighted by Gasteiger charge is 2.04. The largest absolute Gasteiger partial charge is 0.478 e. The summed E-state index contributed by atoms with van der Waals surface area (Å²) < 4.78 is 0. The third-order valence-corrected chi connectivity index (χ3v) is 2.83. The Hall–Kier alpha value is -1.22. The summed E-state index contributed by atoms with van der Waals surface area (Å²) in [6.45, 7) is 5.70. The van der Waals surface area contributed by atoms with Crippen LogP contribution in [-0.4, -0.2) is 16.3 Å². The van der Waals surface area contributed by atoms with Crippen molar-refractivity contribution in [1.29, 1.82) is 0 Å². The molecule has 0 amide bonds. The van der Waals surface area contributed by atoms with Crippen molar-refractivity contribution in [3.05, 3.63) is 42.5 Å². The smallest absolute Gasteiger partial charge is 0.335 e. The number of rotatable bonds is 4. The Morgan fingerprint density at radius 2 is 2.36 bits per heavy atom. The van der Waals surface area contributed by atoms with Gasteiger partial charge in [-0.15, -0.1) is 18.3 Å². The first-order valence-electron chi connectivity index (χ1n) is 4.26. The van der Waals surface area contributed by atoms with Crippen molar-refractivity contribution in [1.82, 2.24) is 0 Å². The molecule has 0 bridgehead atoms. The van der Waals surface area contributed by atoms with Gasteiger partial charge in [-0.3, -0.25) is 0 Å². The fourth-order valence-electron chi connectivity index (χ4n) is 0.965. The zero-order valence-corrected chi connectivity index (χ0v) is 8.75. The molecule has 74 valence electrons. The van der Waals surface area contributed by atoms with Gasteiger partial charge in [0.05, 0.1) is 5.56 Å². The van der Waals surface area contributed by atoms with Gasteiger partial charge in [0.25, 0.3) is 0 Å². The molecule has 0 saturated heterocycles. The first-order chi connectivity index (χ1) is 6.63. The van der Waals surface area contributed by atoms with E-state index in [-0.39, 0.29) is 0 Å². The predicted molar refractivity (Wildman–Crippen MR) is 58.9 cm³/mol. The Morgan fingerprint density at radius 3 is 2.93 bits per heavy atom. The summed E-state index contributed by atoms with van der Waals surface area (Å²) in [5, 5.41) is 9.06. The molecule has 1 aromatic rings. The van der Waals surface area contributed by atoms with E-state index in [1.807, 2.05) is 19.1 Å². The van der Waals surface area contributed by atoms with Gasteiger partial charge in [0, 0.05) is 10.1 Å². The molecule has 0 heterocycles. The zero-order valence-electron chi connectivity index (χ0n) is 7.93. The quantitative estimate of drug-likeness (QED) is 0.610. The highest BCUT2D eigenvalue weighted by Crippen LogP contribution is 2.24. The standard InChI is InChI=1S/C11H12O2S/c1-3-8(2)14-10-6-4-5-9(7-10)11(12)13/h3-8H,1H2,2H3,(H,12,13). The van der Waals surface area contributed by atoms with E-state index in [0.29, 0.717) is 10.8 Å². The Labute approximate surface area is 87.6 Å². The average molecular weight is 208 g/mol. The first kappa shape index (κ1) is 10.9. The van der Waals surface area contributed by atoms with Crippen molar-refractivity contribution < 1.29 is 9.90 Å². The maximum absolute atomic E-state index is 10.7. The molecular weight excluding hydrogens is 196 g/mol. The number of hydrogen-bond donors (Lipinski definition) is 1. The topological polar surface area (TPSA) is 37.3 Å². The van der Waals surface area contributed by atoms with Crippen LogP contribution in [0.1, 0.15) is 17.3 Å². The molecule has 0 aliphatic rings. The monoisotopic (exact) mass is 208 g/mol. The lowest BCUT2D eigenvalue weighted by molar-refractivity contribution is 0.0696. The lowest BCUT2D eigenvalue weighted by atomic mass is 10.2. The van der Waals surface area contributed by atoms with E-state index in [4.69, 9.17) is 5.11 Å². The summed E-state index contributed by atoms with van der Waals surface area (Å²) in [7, 11) is 0. The van der Waals surface area contributed by atoms with Gasteiger partial charge in [-0.1, -0.05) is 12.1 Å². The second-order valence-corrected chi connectivity index (χ2v) is 4.34. The third kappa shape index (κ3) is 2.92. The molecule has 1 aromatic carbocycles. The maximum atomic E-state index is 10.7. The van der Waals surface area contributed by atoms with Crippen LogP contribution in [0, 0.1) is 0 Å². The Kier molecular flexibility index (Phi) is 3.77. The molecule has 1 unspecified atom stereocenters. The predicted octanol–water partition coefficient (Wildman–Crippen LogP) is 3.05. The van der Waals surface area contributed by atoms with Crippen LogP contribution in [0.4, 0.5) is 0 Å². The Bertz CT molecular complexity index is 347. The number of hydrogen-bond acceptors (Lipinski definition) is 2. The van der Waals surface area contributed by atoms with Crippen LogP contribution in [0.2, 0.25) is 0 Å². The highest BCUT2D eigenvalue weighted by molar-refractivity contribution is 8.00. The molecule has 1 N–H and O–H groups in total. The number of thioether (sulfide) groups is 1. The second kappa shape index (κ2) is 4.86. The molecule has 0 saturated carbocycles. The molecule has 0 radical (unpaired) electrons.